The number of hydrogen-bond acceptors (Lipinski definition) is 2. The lowest BCUT2D eigenvalue weighted by molar-refractivity contribution is 0.404. The number of fused-ring (bicyclic) bond motifs is 1. The Bertz CT molecular complexity index is 534. The van der Waals surface area contributed by atoms with Gasteiger partial charge in [-0.1, -0.05) is 44.2 Å². The van der Waals surface area contributed by atoms with E-state index in [0.29, 0.717) is 5.92 Å². The SMILES string of the molecule is COc1ccc2ccccc2c1CC(N)C(C)C. The van der Waals surface area contributed by atoms with Crippen LogP contribution in [0.2, 0.25) is 0 Å². The highest BCUT2D eigenvalue weighted by Gasteiger charge is 2.14. The Morgan fingerprint density at radius 3 is 2.50 bits per heavy atom. The van der Waals surface area contributed by atoms with Crippen LogP contribution in [0, 0.1) is 5.92 Å². The second-order valence-corrected chi connectivity index (χ2v) is 5.08. The smallest absolute Gasteiger partial charge is 0.122 e. The average molecular weight is 243 g/mol. The average Bonchev–Trinajstić information content (AvgIpc) is 2.39. The summed E-state index contributed by atoms with van der Waals surface area (Å²) in [6, 6.07) is 12.7. The molecule has 1 unspecified atom stereocenters. The molecule has 2 heteroatoms. The molecule has 0 radical (unpaired) electrons. The summed E-state index contributed by atoms with van der Waals surface area (Å²) in [6.45, 7) is 4.31. The number of hydrogen-bond donors (Lipinski definition) is 1. The minimum absolute atomic E-state index is 0.157. The lowest BCUT2D eigenvalue weighted by atomic mass is 9.93. The van der Waals surface area contributed by atoms with Gasteiger partial charge in [-0.25, -0.2) is 0 Å². The van der Waals surface area contributed by atoms with Crippen LogP contribution < -0.4 is 10.5 Å². The highest BCUT2D eigenvalue weighted by atomic mass is 16.5. The first-order chi connectivity index (χ1) is 8.63. The van der Waals surface area contributed by atoms with Crippen molar-refractivity contribution in [2.24, 2.45) is 11.7 Å². The van der Waals surface area contributed by atoms with Crippen molar-refractivity contribution in [2.45, 2.75) is 26.3 Å². The fourth-order valence-electron chi connectivity index (χ4n) is 2.19. The van der Waals surface area contributed by atoms with Crippen molar-refractivity contribution in [2.75, 3.05) is 7.11 Å². The first-order valence-electron chi connectivity index (χ1n) is 6.43. The Morgan fingerprint density at radius 2 is 1.83 bits per heavy atom. The molecule has 18 heavy (non-hydrogen) atoms. The first-order valence-corrected chi connectivity index (χ1v) is 6.43. The largest absolute Gasteiger partial charge is 0.496 e. The summed E-state index contributed by atoms with van der Waals surface area (Å²) in [6.07, 6.45) is 0.849. The molecule has 1 atom stereocenters. The van der Waals surface area contributed by atoms with Crippen molar-refractivity contribution in [1.82, 2.24) is 0 Å². The minimum atomic E-state index is 0.157. The first kappa shape index (κ1) is 12.9. The molecule has 2 aromatic carbocycles. The third-order valence-electron chi connectivity index (χ3n) is 3.51. The van der Waals surface area contributed by atoms with E-state index in [0.717, 1.165) is 12.2 Å². The van der Waals surface area contributed by atoms with Gasteiger partial charge in [0.1, 0.15) is 5.75 Å². The van der Waals surface area contributed by atoms with E-state index in [1.807, 2.05) is 6.07 Å². The lowest BCUT2D eigenvalue weighted by Gasteiger charge is -2.19. The minimum Gasteiger partial charge on any atom is -0.496 e. The van der Waals surface area contributed by atoms with E-state index in [9.17, 15) is 0 Å². The van der Waals surface area contributed by atoms with Crippen LogP contribution in [-0.2, 0) is 6.42 Å². The molecule has 0 aliphatic heterocycles. The molecule has 2 nitrogen and oxygen atoms in total. The third-order valence-corrected chi connectivity index (χ3v) is 3.51. The van der Waals surface area contributed by atoms with Crippen LogP contribution >= 0.6 is 0 Å². The summed E-state index contributed by atoms with van der Waals surface area (Å²) in [5.41, 5.74) is 7.43. The predicted molar refractivity (Wildman–Crippen MR) is 77.0 cm³/mol. The van der Waals surface area contributed by atoms with Gasteiger partial charge in [-0.3, -0.25) is 0 Å². The molecule has 0 amide bonds. The molecule has 0 heterocycles. The zero-order valence-corrected chi connectivity index (χ0v) is 11.3. The predicted octanol–water partition coefficient (Wildman–Crippen LogP) is 3.37. The van der Waals surface area contributed by atoms with E-state index in [1.165, 1.54) is 16.3 Å². The molecular weight excluding hydrogens is 222 g/mol. The molecular formula is C16H21NO. The lowest BCUT2D eigenvalue weighted by Crippen LogP contribution is -2.29. The van der Waals surface area contributed by atoms with E-state index in [2.05, 4.69) is 44.2 Å². The van der Waals surface area contributed by atoms with Crippen LogP contribution in [-0.4, -0.2) is 13.2 Å². The van der Waals surface area contributed by atoms with Gasteiger partial charge in [0, 0.05) is 11.6 Å². The van der Waals surface area contributed by atoms with Gasteiger partial charge in [0.25, 0.3) is 0 Å². The highest BCUT2D eigenvalue weighted by molar-refractivity contribution is 5.87. The Kier molecular flexibility index (Phi) is 3.87. The summed E-state index contributed by atoms with van der Waals surface area (Å²) in [5.74, 6) is 1.40. The number of ether oxygens (including phenoxy) is 1. The molecule has 0 aromatic heterocycles. The summed E-state index contributed by atoms with van der Waals surface area (Å²) in [5, 5.41) is 2.48. The van der Waals surface area contributed by atoms with Gasteiger partial charge in [-0.15, -0.1) is 0 Å². The van der Waals surface area contributed by atoms with Crippen molar-refractivity contribution in [3.63, 3.8) is 0 Å². The van der Waals surface area contributed by atoms with Gasteiger partial charge in [0.15, 0.2) is 0 Å². The van der Waals surface area contributed by atoms with E-state index in [1.54, 1.807) is 7.11 Å². The second kappa shape index (κ2) is 5.40. The zero-order chi connectivity index (χ0) is 13.1. The van der Waals surface area contributed by atoms with Crippen molar-refractivity contribution >= 4 is 10.8 Å². The van der Waals surface area contributed by atoms with Gasteiger partial charge in [-0.05, 0) is 29.2 Å². The maximum absolute atomic E-state index is 6.21. The summed E-state index contributed by atoms with van der Waals surface area (Å²) >= 11 is 0. The molecule has 0 aliphatic carbocycles. The van der Waals surface area contributed by atoms with Gasteiger partial charge < -0.3 is 10.5 Å². The molecule has 2 rings (SSSR count). The Balaban J connectivity index is 2.51. The van der Waals surface area contributed by atoms with E-state index < -0.39 is 0 Å². The van der Waals surface area contributed by atoms with Gasteiger partial charge in [0.2, 0.25) is 0 Å². The number of benzene rings is 2. The number of rotatable bonds is 4. The maximum Gasteiger partial charge on any atom is 0.122 e. The van der Waals surface area contributed by atoms with Crippen LogP contribution in [0.4, 0.5) is 0 Å². The van der Waals surface area contributed by atoms with Crippen molar-refractivity contribution in [3.05, 3.63) is 42.0 Å². The van der Waals surface area contributed by atoms with E-state index in [4.69, 9.17) is 10.5 Å². The molecule has 0 fully saturated rings. The zero-order valence-electron chi connectivity index (χ0n) is 11.3. The number of nitrogens with two attached hydrogens (primary N) is 1. The third kappa shape index (κ3) is 2.49. The summed E-state index contributed by atoms with van der Waals surface area (Å²) < 4.78 is 5.48. The maximum atomic E-state index is 6.21. The van der Waals surface area contributed by atoms with Gasteiger partial charge in [-0.2, -0.15) is 0 Å². The molecule has 0 saturated carbocycles. The van der Waals surface area contributed by atoms with Crippen molar-refractivity contribution in [1.29, 1.82) is 0 Å². The van der Waals surface area contributed by atoms with Crippen LogP contribution in [0.25, 0.3) is 10.8 Å². The molecule has 96 valence electrons. The van der Waals surface area contributed by atoms with Crippen LogP contribution in [0.1, 0.15) is 19.4 Å². The fraction of sp³-hybridized carbons (Fsp3) is 0.375. The van der Waals surface area contributed by atoms with Crippen LogP contribution in [0.3, 0.4) is 0 Å². The second-order valence-electron chi connectivity index (χ2n) is 5.08. The Hall–Kier alpha value is -1.54. The standard InChI is InChI=1S/C16H21NO/c1-11(2)15(17)10-14-13-7-5-4-6-12(13)8-9-16(14)18-3/h4-9,11,15H,10,17H2,1-3H3. The highest BCUT2D eigenvalue weighted by Crippen LogP contribution is 2.29. The molecule has 0 saturated heterocycles. The van der Waals surface area contributed by atoms with Gasteiger partial charge >= 0.3 is 0 Å². The molecule has 0 aliphatic rings. The monoisotopic (exact) mass is 243 g/mol. The van der Waals surface area contributed by atoms with E-state index >= 15 is 0 Å². The topological polar surface area (TPSA) is 35.2 Å². The van der Waals surface area contributed by atoms with Crippen LogP contribution in [0.15, 0.2) is 36.4 Å². The fourth-order valence-corrected chi connectivity index (χ4v) is 2.19. The normalized spacial score (nSPS) is 12.9. The Labute approximate surface area is 109 Å². The van der Waals surface area contributed by atoms with Crippen molar-refractivity contribution < 1.29 is 4.74 Å². The van der Waals surface area contributed by atoms with E-state index in [-0.39, 0.29) is 6.04 Å². The molecule has 0 spiro atoms. The summed E-state index contributed by atoms with van der Waals surface area (Å²) in [7, 11) is 1.72. The van der Waals surface area contributed by atoms with Crippen LogP contribution in [0.5, 0.6) is 5.75 Å². The van der Waals surface area contributed by atoms with Crippen molar-refractivity contribution in [3.8, 4) is 5.75 Å². The molecule has 0 bridgehead atoms. The molecule has 2 N–H and O–H groups in total. The quantitative estimate of drug-likeness (QED) is 0.893. The summed E-state index contributed by atoms with van der Waals surface area (Å²) in [4.78, 5) is 0. The Morgan fingerprint density at radius 1 is 1.11 bits per heavy atom. The number of methoxy groups -OCH3 is 1. The van der Waals surface area contributed by atoms with Gasteiger partial charge in [0.05, 0.1) is 7.11 Å². The molecule has 2 aromatic rings.